The topological polar surface area (TPSA) is 84.5 Å². The quantitative estimate of drug-likeness (QED) is 0.544. The van der Waals surface area contributed by atoms with Gasteiger partial charge in [-0.2, -0.15) is 0 Å². The molecule has 1 amide bonds. The maximum Gasteiger partial charge on any atom is 0.262 e. The van der Waals surface area contributed by atoms with Crippen molar-refractivity contribution in [1.82, 2.24) is 4.72 Å². The van der Waals surface area contributed by atoms with Crippen LogP contribution in [0.2, 0.25) is 0 Å². The molecule has 2 aromatic carbocycles. The summed E-state index contributed by atoms with van der Waals surface area (Å²) in [5, 5.41) is 2.67. The summed E-state index contributed by atoms with van der Waals surface area (Å²) >= 11 is 6.71. The summed E-state index contributed by atoms with van der Waals surface area (Å²) < 4.78 is 34.1. The predicted molar refractivity (Wildman–Crippen MR) is 112 cm³/mol. The van der Waals surface area contributed by atoms with Crippen LogP contribution in [0.15, 0.2) is 56.3 Å². The zero-order valence-corrected chi connectivity index (χ0v) is 18.8. The zero-order valence-electron chi connectivity index (χ0n) is 14.8. The lowest BCUT2D eigenvalue weighted by Gasteiger charge is -2.13. The molecule has 1 atom stereocenters. The lowest BCUT2D eigenvalue weighted by molar-refractivity contribution is -0.118. The van der Waals surface area contributed by atoms with Crippen molar-refractivity contribution in [3.63, 3.8) is 0 Å². The maximum atomic E-state index is 12.2. The molecular weight excluding hydrogens is 500 g/mol. The number of anilines is 1. The van der Waals surface area contributed by atoms with Crippen LogP contribution in [0.1, 0.15) is 20.3 Å². The number of amides is 1. The number of ether oxygens (including phenoxy) is 1. The van der Waals surface area contributed by atoms with Crippen LogP contribution in [0, 0.1) is 0 Å². The van der Waals surface area contributed by atoms with Gasteiger partial charge in [0.05, 0.1) is 9.37 Å². The van der Waals surface area contributed by atoms with E-state index < -0.39 is 10.0 Å². The largest absolute Gasteiger partial charge is 0.483 e. The summed E-state index contributed by atoms with van der Waals surface area (Å²) in [7, 11) is -3.57. The van der Waals surface area contributed by atoms with Gasteiger partial charge >= 0.3 is 0 Å². The Hall–Kier alpha value is -1.42. The highest BCUT2D eigenvalue weighted by atomic mass is 79.9. The van der Waals surface area contributed by atoms with Gasteiger partial charge in [0, 0.05) is 16.2 Å². The summed E-state index contributed by atoms with van der Waals surface area (Å²) in [6.45, 7) is 3.53. The Morgan fingerprint density at radius 1 is 1.15 bits per heavy atom. The van der Waals surface area contributed by atoms with Gasteiger partial charge in [-0.15, -0.1) is 0 Å². The average molecular weight is 520 g/mol. The molecule has 0 radical (unpaired) electrons. The number of halogens is 2. The molecule has 0 aliphatic carbocycles. The molecule has 2 aromatic rings. The van der Waals surface area contributed by atoms with E-state index in [-0.39, 0.29) is 23.5 Å². The average Bonchev–Trinajstić information content (AvgIpc) is 2.61. The van der Waals surface area contributed by atoms with Crippen LogP contribution < -0.4 is 14.8 Å². The molecule has 9 heteroatoms. The first-order valence-electron chi connectivity index (χ1n) is 8.21. The van der Waals surface area contributed by atoms with Gasteiger partial charge in [-0.1, -0.05) is 22.9 Å². The normalized spacial score (nSPS) is 12.4. The van der Waals surface area contributed by atoms with Crippen LogP contribution in [0.3, 0.4) is 0 Å². The molecule has 0 aromatic heterocycles. The predicted octanol–water partition coefficient (Wildman–Crippen LogP) is 4.31. The molecule has 0 heterocycles. The number of sulfonamides is 1. The summed E-state index contributed by atoms with van der Waals surface area (Å²) in [5.41, 5.74) is 0.487. The highest BCUT2D eigenvalue weighted by molar-refractivity contribution is 9.11. The highest BCUT2D eigenvalue weighted by Gasteiger charge is 2.16. The van der Waals surface area contributed by atoms with E-state index >= 15 is 0 Å². The van der Waals surface area contributed by atoms with Crippen LogP contribution in [0.25, 0.3) is 0 Å². The molecule has 27 heavy (non-hydrogen) atoms. The Morgan fingerprint density at radius 3 is 2.41 bits per heavy atom. The van der Waals surface area contributed by atoms with Crippen LogP contribution in [-0.4, -0.2) is 27.0 Å². The van der Waals surface area contributed by atoms with Gasteiger partial charge in [0.15, 0.2) is 6.61 Å². The van der Waals surface area contributed by atoms with Gasteiger partial charge in [0.2, 0.25) is 10.0 Å². The first kappa shape index (κ1) is 21.9. The van der Waals surface area contributed by atoms with Crippen molar-refractivity contribution in [2.24, 2.45) is 0 Å². The first-order valence-corrected chi connectivity index (χ1v) is 11.3. The SMILES string of the molecule is CCC(C)NS(=O)(=O)c1ccc(NC(=O)COc2ccc(Br)cc2Br)cc1. The maximum absolute atomic E-state index is 12.2. The van der Waals surface area contributed by atoms with E-state index in [1.807, 2.05) is 19.1 Å². The van der Waals surface area contributed by atoms with Crippen LogP contribution in [0.4, 0.5) is 5.69 Å². The minimum absolute atomic E-state index is 0.149. The van der Waals surface area contributed by atoms with Crippen LogP contribution >= 0.6 is 31.9 Å². The second kappa shape index (κ2) is 9.68. The Balaban J connectivity index is 1.94. The van der Waals surface area contributed by atoms with E-state index in [0.717, 1.165) is 8.95 Å². The first-order chi connectivity index (χ1) is 12.7. The van der Waals surface area contributed by atoms with Gasteiger partial charge in [0.25, 0.3) is 5.91 Å². The molecule has 0 aliphatic rings. The summed E-state index contributed by atoms with van der Waals surface area (Å²) in [5.74, 6) is 0.198. The van der Waals surface area contributed by atoms with Crippen molar-refractivity contribution >= 4 is 53.5 Å². The van der Waals surface area contributed by atoms with Crippen molar-refractivity contribution < 1.29 is 17.9 Å². The molecule has 2 rings (SSSR count). The highest BCUT2D eigenvalue weighted by Crippen LogP contribution is 2.28. The fourth-order valence-electron chi connectivity index (χ4n) is 2.07. The fourth-order valence-corrected chi connectivity index (χ4v) is 4.55. The number of rotatable bonds is 8. The van der Waals surface area contributed by atoms with Gasteiger partial charge < -0.3 is 10.1 Å². The third-order valence-electron chi connectivity index (χ3n) is 3.67. The summed E-state index contributed by atoms with van der Waals surface area (Å²) in [4.78, 5) is 12.2. The fraction of sp³-hybridized carbons (Fsp3) is 0.278. The van der Waals surface area contributed by atoms with E-state index in [9.17, 15) is 13.2 Å². The number of benzene rings is 2. The molecule has 0 fully saturated rings. The molecule has 0 spiro atoms. The number of carbonyl (C=O) groups is 1. The molecule has 146 valence electrons. The molecule has 2 N–H and O–H groups in total. The number of carbonyl (C=O) groups excluding carboxylic acids is 1. The van der Waals surface area contributed by atoms with Crippen molar-refractivity contribution in [1.29, 1.82) is 0 Å². The van der Waals surface area contributed by atoms with E-state index in [0.29, 0.717) is 17.9 Å². The second-order valence-corrected chi connectivity index (χ2v) is 9.35. The van der Waals surface area contributed by atoms with E-state index in [1.54, 1.807) is 25.1 Å². The Kier molecular flexibility index (Phi) is 7.84. The summed E-state index contributed by atoms with van der Waals surface area (Å²) in [6, 6.07) is 11.2. The van der Waals surface area contributed by atoms with Crippen LogP contribution in [0.5, 0.6) is 5.75 Å². The van der Waals surface area contributed by atoms with Crippen LogP contribution in [-0.2, 0) is 14.8 Å². The number of hydrogen-bond donors (Lipinski definition) is 2. The Labute approximate surface area is 176 Å². The standard InChI is InChI=1S/C18H20Br2N2O4S/c1-3-12(2)22-27(24,25)15-7-5-14(6-8-15)21-18(23)11-26-17-9-4-13(19)10-16(17)20/h4-10,12,22H,3,11H2,1-2H3,(H,21,23). The number of hydrogen-bond acceptors (Lipinski definition) is 4. The molecule has 0 aliphatic heterocycles. The second-order valence-electron chi connectivity index (χ2n) is 5.87. The molecule has 0 saturated heterocycles. The Bertz CT molecular complexity index is 902. The van der Waals surface area contributed by atoms with Gasteiger partial charge in [-0.25, -0.2) is 13.1 Å². The minimum Gasteiger partial charge on any atom is -0.483 e. The van der Waals surface area contributed by atoms with E-state index in [2.05, 4.69) is 41.9 Å². The van der Waals surface area contributed by atoms with Crippen molar-refractivity contribution in [2.45, 2.75) is 31.2 Å². The minimum atomic E-state index is -3.57. The van der Waals surface area contributed by atoms with Gasteiger partial charge in [-0.3, -0.25) is 4.79 Å². The lowest BCUT2D eigenvalue weighted by Crippen LogP contribution is -2.31. The van der Waals surface area contributed by atoms with Crippen molar-refractivity contribution in [2.75, 3.05) is 11.9 Å². The van der Waals surface area contributed by atoms with E-state index in [1.165, 1.54) is 12.1 Å². The molecule has 1 unspecified atom stereocenters. The summed E-state index contributed by atoms with van der Waals surface area (Å²) in [6.07, 6.45) is 0.696. The molecule has 0 bridgehead atoms. The third kappa shape index (κ3) is 6.60. The van der Waals surface area contributed by atoms with Gasteiger partial charge in [0.1, 0.15) is 5.75 Å². The third-order valence-corrected chi connectivity index (χ3v) is 6.39. The lowest BCUT2D eigenvalue weighted by atomic mass is 10.3. The monoisotopic (exact) mass is 518 g/mol. The molecular formula is C18H20Br2N2O4S. The number of nitrogens with one attached hydrogen (secondary N) is 2. The zero-order chi connectivity index (χ0) is 20.0. The Morgan fingerprint density at radius 2 is 1.81 bits per heavy atom. The van der Waals surface area contributed by atoms with Crippen molar-refractivity contribution in [3.8, 4) is 5.75 Å². The van der Waals surface area contributed by atoms with Gasteiger partial charge in [-0.05, 0) is 71.7 Å². The molecule has 6 nitrogen and oxygen atoms in total. The molecule has 0 saturated carbocycles. The van der Waals surface area contributed by atoms with Crippen molar-refractivity contribution in [3.05, 3.63) is 51.4 Å². The smallest absolute Gasteiger partial charge is 0.262 e. The van der Waals surface area contributed by atoms with E-state index in [4.69, 9.17) is 4.74 Å².